The maximum atomic E-state index is 8.75. The molecule has 110 valence electrons. The standard InChI is InChI=1S/C17H20N2O2/c1-10-7-11(2)13(4)16(8-10)21-14-5-6-15(12(3)9-14)17(18)19-20/h5-9,20H,1-4H3,(H2,18,19). The summed E-state index contributed by atoms with van der Waals surface area (Å²) in [4.78, 5) is 0. The molecule has 0 heterocycles. The molecule has 0 aliphatic rings. The Labute approximate surface area is 124 Å². The number of amidine groups is 1. The quantitative estimate of drug-likeness (QED) is 0.390. The zero-order valence-electron chi connectivity index (χ0n) is 12.8. The molecule has 2 aromatic rings. The third-order valence-electron chi connectivity index (χ3n) is 3.57. The van der Waals surface area contributed by atoms with Gasteiger partial charge >= 0.3 is 0 Å². The fourth-order valence-corrected chi connectivity index (χ4v) is 2.27. The zero-order chi connectivity index (χ0) is 15.6. The van der Waals surface area contributed by atoms with Crippen LogP contribution in [0.15, 0.2) is 35.5 Å². The van der Waals surface area contributed by atoms with Crippen molar-refractivity contribution in [1.82, 2.24) is 0 Å². The summed E-state index contributed by atoms with van der Waals surface area (Å²) in [6, 6.07) is 9.64. The molecule has 0 radical (unpaired) electrons. The van der Waals surface area contributed by atoms with Crippen LogP contribution in [0.3, 0.4) is 0 Å². The summed E-state index contributed by atoms with van der Waals surface area (Å²) < 4.78 is 5.98. The summed E-state index contributed by atoms with van der Waals surface area (Å²) in [7, 11) is 0. The minimum absolute atomic E-state index is 0.0987. The molecule has 0 fully saturated rings. The molecule has 0 unspecified atom stereocenters. The van der Waals surface area contributed by atoms with Crippen molar-refractivity contribution in [3.63, 3.8) is 0 Å². The molecular weight excluding hydrogens is 264 g/mol. The van der Waals surface area contributed by atoms with Crippen LogP contribution in [0.2, 0.25) is 0 Å². The van der Waals surface area contributed by atoms with E-state index in [1.54, 1.807) is 6.07 Å². The van der Waals surface area contributed by atoms with Crippen LogP contribution in [0.5, 0.6) is 11.5 Å². The third kappa shape index (κ3) is 3.16. The number of rotatable bonds is 3. The van der Waals surface area contributed by atoms with Crippen molar-refractivity contribution < 1.29 is 9.94 Å². The minimum atomic E-state index is 0.0987. The van der Waals surface area contributed by atoms with Gasteiger partial charge in [-0.05, 0) is 74.2 Å². The summed E-state index contributed by atoms with van der Waals surface area (Å²) in [5.74, 6) is 1.68. The molecule has 21 heavy (non-hydrogen) atoms. The Hall–Kier alpha value is -2.49. The van der Waals surface area contributed by atoms with Gasteiger partial charge in [-0.15, -0.1) is 0 Å². The summed E-state index contributed by atoms with van der Waals surface area (Å²) in [5, 5.41) is 11.8. The highest BCUT2D eigenvalue weighted by molar-refractivity contribution is 5.98. The predicted molar refractivity (Wildman–Crippen MR) is 84.4 cm³/mol. The average Bonchev–Trinajstić information content (AvgIpc) is 2.43. The Balaban J connectivity index is 2.35. The smallest absolute Gasteiger partial charge is 0.170 e. The number of hydrogen-bond donors (Lipinski definition) is 2. The first-order valence-electron chi connectivity index (χ1n) is 6.76. The lowest BCUT2D eigenvalue weighted by Gasteiger charge is -2.13. The van der Waals surface area contributed by atoms with E-state index in [1.807, 2.05) is 39.0 Å². The van der Waals surface area contributed by atoms with E-state index in [1.165, 1.54) is 5.56 Å². The molecular formula is C17H20N2O2. The molecule has 0 spiro atoms. The molecule has 4 nitrogen and oxygen atoms in total. The first kappa shape index (κ1) is 14.9. The molecule has 0 atom stereocenters. The minimum Gasteiger partial charge on any atom is -0.457 e. The van der Waals surface area contributed by atoms with Gasteiger partial charge in [0.1, 0.15) is 11.5 Å². The number of hydrogen-bond acceptors (Lipinski definition) is 3. The summed E-state index contributed by atoms with van der Waals surface area (Å²) >= 11 is 0. The first-order valence-corrected chi connectivity index (χ1v) is 6.76. The highest BCUT2D eigenvalue weighted by atomic mass is 16.5. The second-order valence-electron chi connectivity index (χ2n) is 5.27. The lowest BCUT2D eigenvalue weighted by molar-refractivity contribution is 0.318. The average molecular weight is 284 g/mol. The Morgan fingerprint density at radius 3 is 2.38 bits per heavy atom. The Morgan fingerprint density at radius 1 is 1.05 bits per heavy atom. The fourth-order valence-electron chi connectivity index (χ4n) is 2.27. The lowest BCUT2D eigenvalue weighted by Crippen LogP contribution is -2.14. The van der Waals surface area contributed by atoms with Crippen molar-refractivity contribution >= 4 is 5.84 Å². The Kier molecular flexibility index (Phi) is 4.17. The monoisotopic (exact) mass is 284 g/mol. The van der Waals surface area contributed by atoms with Crippen molar-refractivity contribution in [2.45, 2.75) is 27.7 Å². The summed E-state index contributed by atoms with van der Waals surface area (Å²) in [6.45, 7) is 8.06. The van der Waals surface area contributed by atoms with Gasteiger partial charge in [0.05, 0.1) is 0 Å². The van der Waals surface area contributed by atoms with E-state index in [2.05, 4.69) is 18.1 Å². The fraction of sp³-hybridized carbons (Fsp3) is 0.235. The van der Waals surface area contributed by atoms with E-state index < -0.39 is 0 Å². The summed E-state index contributed by atoms with van der Waals surface area (Å²) in [5.41, 5.74) is 10.7. The molecule has 0 aliphatic heterocycles. The number of ether oxygens (including phenoxy) is 1. The molecule has 4 heteroatoms. The van der Waals surface area contributed by atoms with Crippen molar-refractivity contribution in [2.75, 3.05) is 0 Å². The molecule has 0 amide bonds. The highest BCUT2D eigenvalue weighted by Crippen LogP contribution is 2.29. The largest absolute Gasteiger partial charge is 0.457 e. The Bertz CT molecular complexity index is 706. The molecule has 0 saturated heterocycles. The van der Waals surface area contributed by atoms with E-state index in [4.69, 9.17) is 15.7 Å². The molecule has 2 rings (SSSR count). The van der Waals surface area contributed by atoms with Gasteiger partial charge < -0.3 is 15.7 Å². The molecule has 0 aromatic heterocycles. The van der Waals surface area contributed by atoms with Gasteiger partial charge in [-0.25, -0.2) is 0 Å². The molecule has 0 aliphatic carbocycles. The number of benzene rings is 2. The molecule has 0 bridgehead atoms. The van der Waals surface area contributed by atoms with Crippen LogP contribution in [-0.2, 0) is 0 Å². The third-order valence-corrected chi connectivity index (χ3v) is 3.57. The van der Waals surface area contributed by atoms with Crippen LogP contribution in [-0.4, -0.2) is 11.0 Å². The zero-order valence-corrected chi connectivity index (χ0v) is 12.8. The highest BCUT2D eigenvalue weighted by Gasteiger charge is 2.08. The number of aryl methyl sites for hydroxylation is 3. The normalized spacial score (nSPS) is 11.5. The van der Waals surface area contributed by atoms with Crippen LogP contribution >= 0.6 is 0 Å². The van der Waals surface area contributed by atoms with Crippen molar-refractivity contribution in [3.8, 4) is 11.5 Å². The van der Waals surface area contributed by atoms with Gasteiger partial charge in [0.25, 0.3) is 0 Å². The number of nitrogens with two attached hydrogens (primary N) is 1. The van der Waals surface area contributed by atoms with Gasteiger partial charge in [0.15, 0.2) is 5.84 Å². The summed E-state index contributed by atoms with van der Waals surface area (Å²) in [6.07, 6.45) is 0. The van der Waals surface area contributed by atoms with Gasteiger partial charge in [-0.2, -0.15) is 0 Å². The van der Waals surface area contributed by atoms with Crippen molar-refractivity contribution in [3.05, 3.63) is 58.1 Å². The number of oxime groups is 1. The maximum Gasteiger partial charge on any atom is 0.170 e. The van der Waals surface area contributed by atoms with Crippen molar-refractivity contribution in [1.29, 1.82) is 0 Å². The van der Waals surface area contributed by atoms with Crippen LogP contribution in [0.4, 0.5) is 0 Å². The molecule has 0 saturated carbocycles. The van der Waals surface area contributed by atoms with Crippen LogP contribution in [0, 0.1) is 27.7 Å². The maximum absolute atomic E-state index is 8.75. The lowest BCUT2D eigenvalue weighted by atomic mass is 10.1. The Morgan fingerprint density at radius 2 is 1.76 bits per heavy atom. The van der Waals surface area contributed by atoms with E-state index in [0.29, 0.717) is 5.56 Å². The topological polar surface area (TPSA) is 67.8 Å². The van der Waals surface area contributed by atoms with Crippen LogP contribution in [0.1, 0.15) is 27.8 Å². The first-order chi connectivity index (χ1) is 9.92. The second kappa shape index (κ2) is 5.87. The van der Waals surface area contributed by atoms with E-state index in [9.17, 15) is 0 Å². The molecule has 2 aromatic carbocycles. The molecule has 3 N–H and O–H groups in total. The van der Waals surface area contributed by atoms with Gasteiger partial charge in [-0.1, -0.05) is 11.2 Å². The van der Waals surface area contributed by atoms with Crippen LogP contribution < -0.4 is 10.5 Å². The SMILES string of the molecule is Cc1cc(C)c(C)c(Oc2ccc(/C(N)=N/O)c(C)c2)c1. The number of nitrogens with zero attached hydrogens (tertiary/aromatic N) is 1. The van der Waals surface area contributed by atoms with E-state index in [0.717, 1.165) is 28.2 Å². The second-order valence-corrected chi connectivity index (χ2v) is 5.27. The van der Waals surface area contributed by atoms with Gasteiger partial charge in [0, 0.05) is 5.56 Å². The van der Waals surface area contributed by atoms with E-state index >= 15 is 0 Å². The van der Waals surface area contributed by atoms with Crippen LogP contribution in [0.25, 0.3) is 0 Å². The van der Waals surface area contributed by atoms with Crippen molar-refractivity contribution in [2.24, 2.45) is 10.9 Å². The van der Waals surface area contributed by atoms with Gasteiger partial charge in [-0.3, -0.25) is 0 Å². The van der Waals surface area contributed by atoms with E-state index in [-0.39, 0.29) is 5.84 Å². The van der Waals surface area contributed by atoms with Gasteiger partial charge in [0.2, 0.25) is 0 Å². The predicted octanol–water partition coefficient (Wildman–Crippen LogP) is 3.81.